The van der Waals surface area contributed by atoms with Gasteiger partial charge in [-0.2, -0.15) is 5.26 Å². The van der Waals surface area contributed by atoms with E-state index < -0.39 is 0 Å². The van der Waals surface area contributed by atoms with Crippen LogP contribution >= 0.6 is 0 Å². The topological polar surface area (TPSA) is 56.9 Å². The van der Waals surface area contributed by atoms with Crippen LogP contribution in [0.5, 0.6) is 0 Å². The normalized spacial score (nSPS) is 12.7. The van der Waals surface area contributed by atoms with Crippen LogP contribution < -0.4 is 5.32 Å². The molecule has 0 aliphatic carbocycles. The van der Waals surface area contributed by atoms with E-state index in [1.807, 2.05) is 25.7 Å². The van der Waals surface area contributed by atoms with Crippen LogP contribution in [0, 0.1) is 11.3 Å². The molecule has 0 aliphatic rings. The zero-order valence-corrected chi connectivity index (χ0v) is 9.44. The minimum absolute atomic E-state index is 0.280. The smallest absolute Gasteiger partial charge is 0.138 e. The average Bonchev–Trinajstić information content (AvgIpc) is 2.59. The SMILES string of the molecule is CN(C)CCNC(C#N)c1cncn1C. The van der Waals surface area contributed by atoms with E-state index in [1.165, 1.54) is 0 Å². The molecule has 0 saturated heterocycles. The lowest BCUT2D eigenvalue weighted by Gasteiger charge is -2.14. The maximum atomic E-state index is 9.02. The Labute approximate surface area is 90.3 Å². The van der Waals surface area contributed by atoms with E-state index in [0.29, 0.717) is 0 Å². The zero-order chi connectivity index (χ0) is 11.3. The Morgan fingerprint density at radius 1 is 1.67 bits per heavy atom. The second kappa shape index (κ2) is 5.49. The van der Waals surface area contributed by atoms with Crippen LogP contribution in [0.1, 0.15) is 11.7 Å². The van der Waals surface area contributed by atoms with Crippen LogP contribution in [0.3, 0.4) is 0 Å². The number of aryl methyl sites for hydroxylation is 1. The number of rotatable bonds is 5. The highest BCUT2D eigenvalue weighted by molar-refractivity contribution is 5.13. The number of nitrogens with zero attached hydrogens (tertiary/aromatic N) is 4. The number of aromatic nitrogens is 2. The summed E-state index contributed by atoms with van der Waals surface area (Å²) in [6.45, 7) is 1.70. The van der Waals surface area contributed by atoms with Crippen molar-refractivity contribution in [1.82, 2.24) is 19.8 Å². The van der Waals surface area contributed by atoms with Crippen LogP contribution in [0.4, 0.5) is 0 Å². The quantitative estimate of drug-likeness (QED) is 0.746. The Morgan fingerprint density at radius 2 is 2.40 bits per heavy atom. The minimum Gasteiger partial charge on any atom is -0.335 e. The molecule has 1 heterocycles. The molecule has 0 saturated carbocycles. The highest BCUT2D eigenvalue weighted by atomic mass is 15.1. The summed E-state index contributed by atoms with van der Waals surface area (Å²) in [7, 11) is 5.90. The first kappa shape index (κ1) is 11.7. The number of likely N-dealkylation sites (N-methyl/N-ethyl adjacent to an activating group) is 1. The molecule has 0 aromatic carbocycles. The van der Waals surface area contributed by atoms with Gasteiger partial charge in [0.15, 0.2) is 0 Å². The molecule has 1 unspecified atom stereocenters. The second-order valence-electron chi connectivity index (χ2n) is 3.75. The van der Waals surface area contributed by atoms with Gasteiger partial charge in [0.05, 0.1) is 24.3 Å². The summed E-state index contributed by atoms with van der Waals surface area (Å²) in [6, 6.07) is 1.95. The lowest BCUT2D eigenvalue weighted by atomic mass is 10.2. The summed E-state index contributed by atoms with van der Waals surface area (Å²) < 4.78 is 1.86. The Bertz CT molecular complexity index is 336. The molecule has 15 heavy (non-hydrogen) atoms. The molecule has 0 radical (unpaired) electrons. The molecule has 0 spiro atoms. The number of hydrogen-bond donors (Lipinski definition) is 1. The van der Waals surface area contributed by atoms with Gasteiger partial charge in [0.2, 0.25) is 0 Å². The summed E-state index contributed by atoms with van der Waals surface area (Å²) in [5.41, 5.74) is 0.899. The fourth-order valence-corrected chi connectivity index (χ4v) is 1.29. The van der Waals surface area contributed by atoms with Gasteiger partial charge in [-0.15, -0.1) is 0 Å². The van der Waals surface area contributed by atoms with Crippen LogP contribution in [0.15, 0.2) is 12.5 Å². The van der Waals surface area contributed by atoms with Gasteiger partial charge in [0.1, 0.15) is 6.04 Å². The summed E-state index contributed by atoms with van der Waals surface area (Å²) in [5, 5.41) is 12.2. The lowest BCUT2D eigenvalue weighted by molar-refractivity contribution is 0.393. The monoisotopic (exact) mass is 207 g/mol. The highest BCUT2D eigenvalue weighted by Crippen LogP contribution is 2.09. The van der Waals surface area contributed by atoms with Crippen molar-refractivity contribution in [2.24, 2.45) is 7.05 Å². The fourth-order valence-electron chi connectivity index (χ4n) is 1.29. The van der Waals surface area contributed by atoms with Crippen molar-refractivity contribution in [3.8, 4) is 6.07 Å². The first-order chi connectivity index (χ1) is 7.15. The lowest BCUT2D eigenvalue weighted by Crippen LogP contribution is -2.30. The van der Waals surface area contributed by atoms with Gasteiger partial charge in [0.25, 0.3) is 0 Å². The molecule has 5 heteroatoms. The van der Waals surface area contributed by atoms with E-state index in [1.54, 1.807) is 12.5 Å². The molecule has 1 rings (SSSR count). The predicted molar refractivity (Wildman–Crippen MR) is 58.1 cm³/mol. The second-order valence-corrected chi connectivity index (χ2v) is 3.75. The molecule has 5 nitrogen and oxygen atoms in total. The molecule has 0 amide bonds. The summed E-state index contributed by atoms with van der Waals surface area (Å²) in [5.74, 6) is 0. The van der Waals surface area contributed by atoms with E-state index in [0.717, 1.165) is 18.8 Å². The number of nitrogens with one attached hydrogen (secondary N) is 1. The van der Waals surface area contributed by atoms with Crippen LogP contribution in [0.25, 0.3) is 0 Å². The minimum atomic E-state index is -0.280. The van der Waals surface area contributed by atoms with Gasteiger partial charge in [-0.1, -0.05) is 0 Å². The Kier molecular flexibility index (Phi) is 4.28. The van der Waals surface area contributed by atoms with Crippen molar-refractivity contribution in [2.45, 2.75) is 6.04 Å². The van der Waals surface area contributed by atoms with E-state index >= 15 is 0 Å². The van der Waals surface area contributed by atoms with Gasteiger partial charge >= 0.3 is 0 Å². The van der Waals surface area contributed by atoms with E-state index in [2.05, 4.69) is 21.3 Å². The highest BCUT2D eigenvalue weighted by Gasteiger charge is 2.12. The summed E-state index contributed by atoms with van der Waals surface area (Å²) in [6.07, 6.45) is 3.42. The molecule has 0 aliphatic heterocycles. The fraction of sp³-hybridized carbons (Fsp3) is 0.600. The largest absolute Gasteiger partial charge is 0.335 e. The maximum absolute atomic E-state index is 9.02. The molecule has 1 N–H and O–H groups in total. The van der Waals surface area contributed by atoms with Crippen molar-refractivity contribution in [3.05, 3.63) is 18.2 Å². The Morgan fingerprint density at radius 3 is 2.87 bits per heavy atom. The number of hydrogen-bond acceptors (Lipinski definition) is 4. The summed E-state index contributed by atoms with van der Waals surface area (Å²) >= 11 is 0. The Hall–Kier alpha value is -1.38. The van der Waals surface area contributed by atoms with Crippen molar-refractivity contribution in [2.75, 3.05) is 27.2 Å². The first-order valence-corrected chi connectivity index (χ1v) is 4.89. The molecule has 1 aromatic rings. The van der Waals surface area contributed by atoms with Gasteiger partial charge in [-0.3, -0.25) is 5.32 Å². The zero-order valence-electron chi connectivity index (χ0n) is 9.44. The van der Waals surface area contributed by atoms with Crippen molar-refractivity contribution in [1.29, 1.82) is 5.26 Å². The van der Waals surface area contributed by atoms with Crippen molar-refractivity contribution >= 4 is 0 Å². The average molecular weight is 207 g/mol. The van der Waals surface area contributed by atoms with Crippen LogP contribution in [-0.2, 0) is 7.05 Å². The third-order valence-electron chi connectivity index (χ3n) is 2.19. The molecular formula is C10H17N5. The molecule has 0 fully saturated rings. The van der Waals surface area contributed by atoms with E-state index in [-0.39, 0.29) is 6.04 Å². The first-order valence-electron chi connectivity index (χ1n) is 4.89. The van der Waals surface area contributed by atoms with E-state index in [9.17, 15) is 0 Å². The maximum Gasteiger partial charge on any atom is 0.138 e. The molecule has 1 atom stereocenters. The van der Waals surface area contributed by atoms with Crippen LogP contribution in [-0.4, -0.2) is 41.6 Å². The predicted octanol–water partition coefficient (Wildman–Crippen LogP) is 0.136. The van der Waals surface area contributed by atoms with Gasteiger partial charge in [-0.25, -0.2) is 4.98 Å². The molecule has 1 aromatic heterocycles. The Balaban J connectivity index is 2.51. The number of imidazole rings is 1. The summed E-state index contributed by atoms with van der Waals surface area (Å²) in [4.78, 5) is 6.07. The van der Waals surface area contributed by atoms with E-state index in [4.69, 9.17) is 5.26 Å². The van der Waals surface area contributed by atoms with Crippen LogP contribution in [0.2, 0.25) is 0 Å². The molecule has 0 bridgehead atoms. The molecule has 82 valence electrons. The number of nitriles is 1. The third-order valence-corrected chi connectivity index (χ3v) is 2.19. The van der Waals surface area contributed by atoms with Crippen molar-refractivity contribution in [3.63, 3.8) is 0 Å². The van der Waals surface area contributed by atoms with Gasteiger partial charge in [-0.05, 0) is 14.1 Å². The standard InChI is InChI=1S/C10H17N5/c1-14(2)5-4-13-9(6-11)10-7-12-8-15(10)3/h7-9,13H,4-5H2,1-3H3. The van der Waals surface area contributed by atoms with Gasteiger partial charge < -0.3 is 9.47 Å². The van der Waals surface area contributed by atoms with Crippen molar-refractivity contribution < 1.29 is 0 Å². The van der Waals surface area contributed by atoms with Gasteiger partial charge in [0, 0.05) is 20.1 Å². The third kappa shape index (κ3) is 3.35. The molecular weight excluding hydrogens is 190 g/mol.